The van der Waals surface area contributed by atoms with Crippen LogP contribution in [0.3, 0.4) is 0 Å². The molecular weight excluding hydrogens is 512 g/mol. The summed E-state index contributed by atoms with van der Waals surface area (Å²) in [7, 11) is 0. The Morgan fingerprint density at radius 2 is 1.79 bits per heavy atom. The van der Waals surface area contributed by atoms with Gasteiger partial charge in [-0.15, -0.1) is 0 Å². The van der Waals surface area contributed by atoms with E-state index in [1.54, 1.807) is 16.7 Å². The summed E-state index contributed by atoms with van der Waals surface area (Å²) in [5.74, 6) is 0. The molecule has 9 heteroatoms. The third-order valence-corrected chi connectivity index (χ3v) is 7.67. The lowest BCUT2D eigenvalue weighted by atomic mass is 9.97. The Hall–Kier alpha value is -4.45. The number of imidazole rings is 1. The van der Waals surface area contributed by atoms with E-state index < -0.39 is 0 Å². The highest BCUT2D eigenvalue weighted by Gasteiger charge is 2.26. The van der Waals surface area contributed by atoms with E-state index in [0.717, 1.165) is 54.9 Å². The molecule has 0 saturated carbocycles. The SMILES string of the molecule is N#Cc1cc(-c2ccccc2)c(-c2ccc(CN3CCC(n4c(=O)[nH]c5c4ccc[n+]5[O-])CC3)cc2)nc1Cl. The number of hydrogen-bond donors (Lipinski definition) is 1. The van der Waals surface area contributed by atoms with E-state index in [1.165, 1.54) is 11.8 Å². The molecule has 0 spiro atoms. The number of likely N-dealkylation sites (tertiary alicyclic amines) is 1. The molecule has 0 radical (unpaired) electrons. The van der Waals surface area contributed by atoms with Gasteiger partial charge in [-0.1, -0.05) is 66.2 Å². The molecule has 1 fully saturated rings. The van der Waals surface area contributed by atoms with E-state index in [1.807, 2.05) is 48.5 Å². The van der Waals surface area contributed by atoms with Gasteiger partial charge in [-0.05, 0) is 42.2 Å². The van der Waals surface area contributed by atoms with Crippen molar-refractivity contribution in [2.75, 3.05) is 13.1 Å². The highest BCUT2D eigenvalue weighted by molar-refractivity contribution is 6.30. The summed E-state index contributed by atoms with van der Waals surface area (Å²) in [6.07, 6.45) is 3.05. The summed E-state index contributed by atoms with van der Waals surface area (Å²) in [6.45, 7) is 2.49. The molecule has 5 aromatic rings. The van der Waals surface area contributed by atoms with Crippen molar-refractivity contribution in [2.24, 2.45) is 0 Å². The minimum Gasteiger partial charge on any atom is -0.711 e. The Bertz CT molecular complexity index is 1750. The zero-order valence-corrected chi connectivity index (χ0v) is 21.8. The van der Waals surface area contributed by atoms with E-state index in [4.69, 9.17) is 11.6 Å². The van der Waals surface area contributed by atoms with Gasteiger partial charge in [-0.2, -0.15) is 10.2 Å². The first-order valence-electron chi connectivity index (χ1n) is 12.8. The van der Waals surface area contributed by atoms with Gasteiger partial charge in [0, 0.05) is 36.8 Å². The summed E-state index contributed by atoms with van der Waals surface area (Å²) in [5, 5.41) is 21.7. The fraction of sp³-hybridized carbons (Fsp3) is 0.200. The van der Waals surface area contributed by atoms with E-state index in [-0.39, 0.29) is 16.9 Å². The molecule has 3 aromatic heterocycles. The molecule has 1 saturated heterocycles. The topological polar surface area (TPSA) is 105 Å². The van der Waals surface area contributed by atoms with Crippen LogP contribution in [0.4, 0.5) is 0 Å². The van der Waals surface area contributed by atoms with Crippen molar-refractivity contribution in [3.8, 4) is 28.5 Å². The quantitative estimate of drug-likeness (QED) is 0.192. The number of hydrogen-bond acceptors (Lipinski definition) is 5. The van der Waals surface area contributed by atoms with Crippen LogP contribution < -0.4 is 10.4 Å². The van der Waals surface area contributed by atoms with Crippen LogP contribution in [0.2, 0.25) is 5.15 Å². The lowest BCUT2D eigenvalue weighted by Crippen LogP contribution is -2.36. The number of nitrogens with zero attached hydrogens (tertiary/aromatic N) is 5. The monoisotopic (exact) mass is 536 g/mol. The zero-order chi connectivity index (χ0) is 26.9. The van der Waals surface area contributed by atoms with Gasteiger partial charge in [0.2, 0.25) is 0 Å². The Morgan fingerprint density at radius 3 is 2.51 bits per heavy atom. The Labute approximate surface area is 229 Å². The van der Waals surface area contributed by atoms with Gasteiger partial charge in [0.15, 0.2) is 0 Å². The molecule has 0 atom stereocenters. The van der Waals surface area contributed by atoms with Crippen molar-refractivity contribution in [1.29, 1.82) is 5.26 Å². The van der Waals surface area contributed by atoms with Crippen LogP contribution >= 0.6 is 11.6 Å². The second-order valence-electron chi connectivity index (χ2n) is 9.77. The molecule has 0 unspecified atom stereocenters. The van der Waals surface area contributed by atoms with Gasteiger partial charge in [0.25, 0.3) is 0 Å². The minimum atomic E-state index is -0.235. The molecule has 0 amide bonds. The molecule has 6 rings (SSSR count). The van der Waals surface area contributed by atoms with Gasteiger partial charge >= 0.3 is 11.3 Å². The van der Waals surface area contributed by atoms with Gasteiger partial charge in [0.05, 0.1) is 17.5 Å². The standard InChI is InChI=1S/C30H25ClN6O2/c31-28-23(18-32)17-25(21-5-2-1-3-6-21)27(33-28)22-10-8-20(9-11-22)19-35-15-12-24(13-16-35)37-26-7-4-14-36(39)29(26)34-30(37)38/h1-11,14,17,24H,12-13,15-16,19H2,(H,34,38). The van der Waals surface area contributed by atoms with Crippen molar-refractivity contribution in [1.82, 2.24) is 19.4 Å². The fourth-order valence-electron chi connectivity index (χ4n) is 5.41. The van der Waals surface area contributed by atoms with Gasteiger partial charge in [0.1, 0.15) is 16.7 Å². The Balaban J connectivity index is 1.18. The number of pyridine rings is 2. The van der Waals surface area contributed by atoms with Crippen LogP contribution in [0.5, 0.6) is 0 Å². The van der Waals surface area contributed by atoms with Crippen LogP contribution in [0, 0.1) is 16.5 Å². The number of fused-ring (bicyclic) bond motifs is 1. The summed E-state index contributed by atoms with van der Waals surface area (Å²) in [6, 6.07) is 25.6. The van der Waals surface area contributed by atoms with Crippen LogP contribution in [-0.2, 0) is 6.54 Å². The van der Waals surface area contributed by atoms with Crippen LogP contribution in [-0.4, -0.2) is 32.5 Å². The molecule has 1 N–H and O–H groups in total. The summed E-state index contributed by atoms with van der Waals surface area (Å²) < 4.78 is 2.44. The van der Waals surface area contributed by atoms with Gasteiger partial charge in [-0.25, -0.2) is 14.5 Å². The Morgan fingerprint density at radius 1 is 1.05 bits per heavy atom. The lowest BCUT2D eigenvalue weighted by Gasteiger charge is -2.32. The number of nitriles is 1. The number of benzene rings is 2. The molecular formula is C30H25ClN6O2. The van der Waals surface area contributed by atoms with Crippen molar-refractivity contribution < 1.29 is 4.73 Å². The maximum Gasteiger partial charge on any atom is 0.414 e. The molecule has 1 aliphatic heterocycles. The van der Waals surface area contributed by atoms with E-state index in [2.05, 4.69) is 33.1 Å². The first kappa shape index (κ1) is 24.9. The predicted octanol–water partition coefficient (Wildman–Crippen LogP) is 5.05. The van der Waals surface area contributed by atoms with Crippen molar-refractivity contribution in [2.45, 2.75) is 25.4 Å². The smallest absolute Gasteiger partial charge is 0.414 e. The Kier molecular flexibility index (Phi) is 6.61. The van der Waals surface area contributed by atoms with E-state index >= 15 is 0 Å². The number of halogens is 1. The van der Waals surface area contributed by atoms with Gasteiger partial charge < -0.3 is 5.21 Å². The highest BCUT2D eigenvalue weighted by Crippen LogP contribution is 2.34. The van der Waals surface area contributed by atoms with Crippen molar-refractivity contribution in [3.05, 3.63) is 111 Å². The van der Waals surface area contributed by atoms with Crippen LogP contribution in [0.1, 0.15) is 30.0 Å². The number of nitrogens with one attached hydrogen (secondary N) is 1. The molecule has 8 nitrogen and oxygen atoms in total. The van der Waals surface area contributed by atoms with Crippen molar-refractivity contribution in [3.63, 3.8) is 0 Å². The zero-order valence-electron chi connectivity index (χ0n) is 21.0. The normalized spacial score (nSPS) is 14.5. The maximum absolute atomic E-state index is 12.6. The third kappa shape index (κ3) is 4.78. The number of aromatic nitrogens is 4. The molecule has 194 valence electrons. The number of H-pyrrole nitrogens is 1. The lowest BCUT2D eigenvalue weighted by molar-refractivity contribution is -0.579. The second kappa shape index (κ2) is 10.4. The molecule has 0 bridgehead atoms. The first-order chi connectivity index (χ1) is 19.0. The molecule has 39 heavy (non-hydrogen) atoms. The largest absolute Gasteiger partial charge is 0.711 e. The second-order valence-corrected chi connectivity index (χ2v) is 10.1. The molecule has 4 heterocycles. The average Bonchev–Trinajstić information content (AvgIpc) is 3.31. The summed E-state index contributed by atoms with van der Waals surface area (Å²) in [4.78, 5) is 22.3. The third-order valence-electron chi connectivity index (χ3n) is 7.38. The summed E-state index contributed by atoms with van der Waals surface area (Å²) >= 11 is 6.32. The van der Waals surface area contributed by atoms with Gasteiger partial charge in [-0.3, -0.25) is 9.47 Å². The van der Waals surface area contributed by atoms with Crippen molar-refractivity contribution >= 4 is 22.8 Å². The van der Waals surface area contributed by atoms with E-state index in [0.29, 0.717) is 21.5 Å². The fourth-order valence-corrected chi connectivity index (χ4v) is 5.60. The average molecular weight is 537 g/mol. The number of piperidine rings is 1. The minimum absolute atomic E-state index is 0.0517. The molecule has 2 aromatic carbocycles. The summed E-state index contributed by atoms with van der Waals surface area (Å²) in [5.41, 5.74) is 5.74. The number of aromatic amines is 1. The predicted molar refractivity (Wildman–Crippen MR) is 150 cm³/mol. The maximum atomic E-state index is 12.6. The highest BCUT2D eigenvalue weighted by atomic mass is 35.5. The van der Waals surface area contributed by atoms with Crippen LogP contribution in [0.25, 0.3) is 33.5 Å². The molecule has 0 aliphatic carbocycles. The molecule has 1 aliphatic rings. The van der Waals surface area contributed by atoms with E-state index in [9.17, 15) is 15.3 Å². The first-order valence-corrected chi connectivity index (χ1v) is 13.2. The van der Waals surface area contributed by atoms with Crippen LogP contribution in [0.15, 0.2) is 83.8 Å². The number of rotatable bonds is 5.